The molecule has 0 bridgehead atoms. The smallest absolute Gasteiger partial charge is 0.263 e. The topological polar surface area (TPSA) is 144 Å². The first-order valence-corrected chi connectivity index (χ1v) is 11.7. The van der Waals surface area contributed by atoms with Gasteiger partial charge in [-0.2, -0.15) is 5.26 Å². The van der Waals surface area contributed by atoms with E-state index in [2.05, 4.69) is 5.32 Å². The van der Waals surface area contributed by atoms with Crippen LogP contribution in [0.1, 0.15) is 34.3 Å². The Balaban J connectivity index is 1.58. The average molecular weight is 467 g/mol. The zero-order chi connectivity index (χ0) is 23.8. The second-order valence-electron chi connectivity index (χ2n) is 8.12. The third kappa shape index (κ3) is 4.33. The van der Waals surface area contributed by atoms with E-state index in [9.17, 15) is 18.0 Å². The molecule has 0 aliphatic heterocycles. The highest BCUT2D eigenvalue weighted by Crippen LogP contribution is 2.42. The Morgan fingerprint density at radius 1 is 1.24 bits per heavy atom. The molecule has 0 spiro atoms. The van der Waals surface area contributed by atoms with E-state index in [4.69, 9.17) is 15.1 Å². The van der Waals surface area contributed by atoms with Crippen LogP contribution in [0.15, 0.2) is 53.3 Å². The number of sulfonamides is 1. The summed E-state index contributed by atoms with van der Waals surface area (Å²) >= 11 is 0. The van der Waals surface area contributed by atoms with Crippen molar-refractivity contribution < 1.29 is 17.9 Å². The number of hydrogen-bond donors (Lipinski definition) is 2. The maximum Gasteiger partial charge on any atom is 0.263 e. The zero-order valence-electron chi connectivity index (χ0n) is 17.9. The molecule has 0 radical (unpaired) electrons. The van der Waals surface area contributed by atoms with Crippen LogP contribution in [0.5, 0.6) is 5.75 Å². The summed E-state index contributed by atoms with van der Waals surface area (Å²) in [6.07, 6.45) is 0.859. The van der Waals surface area contributed by atoms with Crippen LogP contribution in [0, 0.1) is 11.3 Å². The van der Waals surface area contributed by atoms with Gasteiger partial charge in [0.05, 0.1) is 17.1 Å². The van der Waals surface area contributed by atoms with Gasteiger partial charge in [0.1, 0.15) is 22.7 Å². The molecule has 3 aromatic rings. The van der Waals surface area contributed by atoms with Gasteiger partial charge in [-0.05, 0) is 42.7 Å². The first-order chi connectivity index (χ1) is 15.6. The van der Waals surface area contributed by atoms with Crippen LogP contribution < -0.4 is 20.8 Å². The van der Waals surface area contributed by atoms with E-state index in [0.717, 1.165) is 5.56 Å². The predicted molar refractivity (Wildman–Crippen MR) is 122 cm³/mol. The fourth-order valence-electron chi connectivity index (χ4n) is 3.63. The van der Waals surface area contributed by atoms with E-state index in [0.29, 0.717) is 35.1 Å². The summed E-state index contributed by atoms with van der Waals surface area (Å²) in [7, 11) is -2.22. The predicted octanol–water partition coefficient (Wildman–Crippen LogP) is 1.54. The number of nitrogens with one attached hydrogen (secondary N) is 1. The van der Waals surface area contributed by atoms with E-state index in [1.807, 2.05) is 6.07 Å². The molecule has 1 aromatic heterocycles. The lowest BCUT2D eigenvalue weighted by atomic mass is 10.1. The molecule has 1 heterocycles. The largest absolute Gasteiger partial charge is 0.490 e. The Kier molecular flexibility index (Phi) is 5.69. The Morgan fingerprint density at radius 2 is 1.94 bits per heavy atom. The number of hydrogen-bond acceptors (Lipinski definition) is 6. The highest BCUT2D eigenvalue weighted by atomic mass is 32.2. The average Bonchev–Trinajstić information content (AvgIpc) is 3.60. The molecule has 170 valence electrons. The summed E-state index contributed by atoms with van der Waals surface area (Å²) in [6.45, 7) is 0.0937. The van der Waals surface area contributed by atoms with Crippen LogP contribution in [0.25, 0.3) is 10.9 Å². The van der Waals surface area contributed by atoms with Gasteiger partial charge in [0.15, 0.2) is 0 Å². The van der Waals surface area contributed by atoms with Crippen molar-refractivity contribution in [3.8, 4) is 11.8 Å². The van der Waals surface area contributed by atoms with Crippen LogP contribution >= 0.6 is 0 Å². The molecule has 9 nitrogen and oxygen atoms in total. The number of carbonyl (C=O) groups is 1. The molecule has 1 amide bonds. The Morgan fingerprint density at radius 3 is 2.55 bits per heavy atom. The number of benzene rings is 2. The lowest BCUT2D eigenvalue weighted by molar-refractivity contribution is 0.0949. The molecule has 1 aliphatic carbocycles. The van der Waals surface area contributed by atoms with E-state index in [1.54, 1.807) is 42.5 Å². The van der Waals surface area contributed by atoms with Gasteiger partial charge in [0.2, 0.25) is 10.0 Å². The number of aryl methyl sites for hydroxylation is 1. The summed E-state index contributed by atoms with van der Waals surface area (Å²) in [4.78, 5) is 25.7. The number of nitrogens with two attached hydrogens (primary N) is 1. The number of aromatic nitrogens is 1. The molecular weight excluding hydrogens is 444 g/mol. The van der Waals surface area contributed by atoms with Crippen molar-refractivity contribution in [1.82, 2.24) is 9.88 Å². The van der Waals surface area contributed by atoms with Crippen LogP contribution in [0.2, 0.25) is 0 Å². The van der Waals surface area contributed by atoms with E-state index in [-0.39, 0.29) is 18.7 Å². The van der Waals surface area contributed by atoms with Crippen molar-refractivity contribution in [3.63, 3.8) is 0 Å². The minimum atomic E-state index is -3.75. The number of primary sulfonamides is 1. The number of nitrogens with zero attached hydrogens (tertiary/aromatic N) is 2. The molecule has 33 heavy (non-hydrogen) atoms. The number of pyridine rings is 1. The molecule has 0 saturated heterocycles. The molecule has 3 N–H and O–H groups in total. The first-order valence-electron chi connectivity index (χ1n) is 10.2. The van der Waals surface area contributed by atoms with Gasteiger partial charge in [-0.1, -0.05) is 24.3 Å². The number of rotatable bonds is 7. The van der Waals surface area contributed by atoms with Gasteiger partial charge >= 0.3 is 0 Å². The zero-order valence-corrected chi connectivity index (χ0v) is 18.7. The molecule has 10 heteroatoms. The molecule has 1 fully saturated rings. The number of amides is 1. The second-order valence-corrected chi connectivity index (χ2v) is 10.1. The van der Waals surface area contributed by atoms with Crippen molar-refractivity contribution in [1.29, 1.82) is 5.26 Å². The van der Waals surface area contributed by atoms with Gasteiger partial charge in [-0.15, -0.1) is 0 Å². The number of fused-ring (bicyclic) bond motifs is 1. The quantitative estimate of drug-likeness (QED) is 0.540. The highest BCUT2D eigenvalue weighted by molar-refractivity contribution is 7.90. The van der Waals surface area contributed by atoms with Gasteiger partial charge < -0.3 is 14.6 Å². The van der Waals surface area contributed by atoms with Gasteiger partial charge in [0, 0.05) is 19.0 Å². The Labute approximate surface area is 190 Å². The summed E-state index contributed by atoms with van der Waals surface area (Å²) in [6, 6.07) is 15.4. The second kappa shape index (κ2) is 8.35. The standard InChI is InChI=1S/C23H22N4O5S/c1-27-20-17(3-2-4-19(20)32-14-23(9-10-23)33(25,30)31)11-18(22(27)29)21(28)26-13-16-7-5-15(12-24)6-8-16/h2-8,11H,9-10,13-14H2,1H3,(H,26,28)(H2,25,30,31). The van der Waals surface area contributed by atoms with Crippen LogP contribution in [0.4, 0.5) is 0 Å². The van der Waals surface area contributed by atoms with E-state index >= 15 is 0 Å². The van der Waals surface area contributed by atoms with E-state index < -0.39 is 26.2 Å². The lowest BCUT2D eigenvalue weighted by Gasteiger charge is -2.17. The maximum absolute atomic E-state index is 12.9. The number of ether oxygens (including phenoxy) is 1. The lowest BCUT2D eigenvalue weighted by Crippen LogP contribution is -2.36. The fourth-order valence-corrected chi connectivity index (χ4v) is 4.52. The van der Waals surface area contributed by atoms with Crippen molar-refractivity contribution in [2.45, 2.75) is 24.1 Å². The van der Waals surface area contributed by atoms with E-state index in [1.165, 1.54) is 17.7 Å². The monoisotopic (exact) mass is 466 g/mol. The van der Waals surface area contributed by atoms with Crippen LogP contribution in [-0.4, -0.2) is 30.2 Å². The van der Waals surface area contributed by atoms with Crippen molar-refractivity contribution in [3.05, 3.63) is 75.6 Å². The Hall–Kier alpha value is -3.68. The normalized spacial score (nSPS) is 14.5. The fraction of sp³-hybridized carbons (Fsp3) is 0.261. The number of nitriles is 1. The molecule has 4 rings (SSSR count). The summed E-state index contributed by atoms with van der Waals surface area (Å²) in [5, 5.41) is 17.5. The summed E-state index contributed by atoms with van der Waals surface area (Å²) in [5.41, 5.74) is 1.22. The third-order valence-electron chi connectivity index (χ3n) is 5.88. The number of para-hydroxylation sites is 1. The molecule has 1 saturated carbocycles. The van der Waals surface area contributed by atoms with Crippen molar-refractivity contribution in [2.24, 2.45) is 12.2 Å². The summed E-state index contributed by atoms with van der Waals surface area (Å²) < 4.78 is 29.7. The van der Waals surface area contributed by atoms with Crippen LogP contribution in [0.3, 0.4) is 0 Å². The van der Waals surface area contributed by atoms with Crippen molar-refractivity contribution in [2.75, 3.05) is 6.61 Å². The molecular formula is C23H22N4O5S. The maximum atomic E-state index is 12.9. The van der Waals surface area contributed by atoms with Crippen molar-refractivity contribution >= 4 is 26.8 Å². The van der Waals surface area contributed by atoms with Crippen LogP contribution in [-0.2, 0) is 23.6 Å². The first kappa shape index (κ1) is 22.5. The molecule has 0 unspecified atom stereocenters. The minimum absolute atomic E-state index is 0.0287. The van der Waals surface area contributed by atoms with Gasteiger partial charge in [-0.3, -0.25) is 9.59 Å². The molecule has 0 atom stereocenters. The minimum Gasteiger partial charge on any atom is -0.490 e. The third-order valence-corrected chi connectivity index (χ3v) is 7.62. The molecule has 2 aromatic carbocycles. The van der Waals surface area contributed by atoms with Gasteiger partial charge in [0.25, 0.3) is 11.5 Å². The SMILES string of the molecule is Cn1c(=O)c(C(=O)NCc2ccc(C#N)cc2)cc2cccc(OCC3(S(N)(=O)=O)CC3)c21. The Bertz CT molecular complexity index is 1450. The number of carbonyl (C=O) groups excluding carboxylic acids is 1. The summed E-state index contributed by atoms with van der Waals surface area (Å²) in [5.74, 6) is -0.189. The molecule has 1 aliphatic rings. The highest BCUT2D eigenvalue weighted by Gasteiger charge is 2.54. The van der Waals surface area contributed by atoms with Gasteiger partial charge in [-0.25, -0.2) is 13.6 Å².